The minimum atomic E-state index is -0.511. The lowest BCUT2D eigenvalue weighted by Gasteiger charge is -2.03. The van der Waals surface area contributed by atoms with Gasteiger partial charge in [-0.25, -0.2) is 4.39 Å². The van der Waals surface area contributed by atoms with Gasteiger partial charge in [-0.1, -0.05) is 45.1 Å². The maximum absolute atomic E-state index is 13.0. The average molecular weight is 224 g/mol. The lowest BCUT2D eigenvalue weighted by atomic mass is 10.0. The van der Waals surface area contributed by atoms with Gasteiger partial charge in [-0.2, -0.15) is 0 Å². The summed E-state index contributed by atoms with van der Waals surface area (Å²) in [7, 11) is 0. The van der Waals surface area contributed by atoms with Crippen LogP contribution in [0.5, 0.6) is 5.75 Å². The number of halogens is 1. The van der Waals surface area contributed by atoms with Crippen LogP contribution in [0.2, 0.25) is 0 Å². The van der Waals surface area contributed by atoms with Gasteiger partial charge in [-0.05, 0) is 30.5 Å². The second-order valence-corrected chi connectivity index (χ2v) is 4.30. The van der Waals surface area contributed by atoms with Crippen LogP contribution < -0.4 is 0 Å². The lowest BCUT2D eigenvalue weighted by molar-refractivity contribution is 0.431. The highest BCUT2D eigenvalue weighted by Crippen LogP contribution is 2.18. The molecular formula is C14H21FO. The third-order valence-electron chi connectivity index (χ3n) is 2.83. The summed E-state index contributed by atoms with van der Waals surface area (Å²) in [6, 6.07) is 4.66. The van der Waals surface area contributed by atoms with Crippen molar-refractivity contribution in [1.82, 2.24) is 0 Å². The first-order chi connectivity index (χ1) is 7.74. The molecule has 1 rings (SSSR count). The van der Waals surface area contributed by atoms with Crippen molar-refractivity contribution >= 4 is 0 Å². The highest BCUT2D eigenvalue weighted by Gasteiger charge is 2.01. The summed E-state index contributed by atoms with van der Waals surface area (Å²) < 4.78 is 13.0. The van der Waals surface area contributed by atoms with Gasteiger partial charge in [0, 0.05) is 0 Å². The molecule has 0 fully saturated rings. The van der Waals surface area contributed by atoms with E-state index in [4.69, 9.17) is 5.11 Å². The first-order valence-corrected chi connectivity index (χ1v) is 6.21. The Balaban J connectivity index is 2.19. The van der Waals surface area contributed by atoms with Gasteiger partial charge in [0.05, 0.1) is 0 Å². The molecule has 0 aliphatic carbocycles. The van der Waals surface area contributed by atoms with Crippen LogP contribution >= 0.6 is 0 Å². The zero-order valence-corrected chi connectivity index (χ0v) is 10.0. The Morgan fingerprint density at radius 1 is 1.06 bits per heavy atom. The van der Waals surface area contributed by atoms with Crippen LogP contribution in [0.3, 0.4) is 0 Å². The van der Waals surface area contributed by atoms with Gasteiger partial charge in [0.1, 0.15) is 0 Å². The van der Waals surface area contributed by atoms with Crippen molar-refractivity contribution in [2.45, 2.75) is 51.9 Å². The molecule has 1 N–H and O–H groups in total. The molecule has 1 aromatic carbocycles. The number of benzene rings is 1. The van der Waals surface area contributed by atoms with E-state index in [0.717, 1.165) is 18.4 Å². The van der Waals surface area contributed by atoms with Crippen molar-refractivity contribution < 1.29 is 9.50 Å². The van der Waals surface area contributed by atoms with Crippen molar-refractivity contribution in [2.24, 2.45) is 0 Å². The molecule has 0 amide bonds. The molecule has 2 heteroatoms. The van der Waals surface area contributed by atoms with Crippen molar-refractivity contribution in [2.75, 3.05) is 0 Å². The second-order valence-electron chi connectivity index (χ2n) is 4.30. The highest BCUT2D eigenvalue weighted by molar-refractivity contribution is 5.27. The van der Waals surface area contributed by atoms with Crippen molar-refractivity contribution in [3.05, 3.63) is 29.6 Å². The number of phenolic OH excluding ortho intramolecular Hbond substituents is 1. The van der Waals surface area contributed by atoms with Crippen molar-refractivity contribution in [3.8, 4) is 5.75 Å². The van der Waals surface area contributed by atoms with Crippen LogP contribution in [-0.2, 0) is 6.42 Å². The molecular weight excluding hydrogens is 203 g/mol. The van der Waals surface area contributed by atoms with E-state index in [1.54, 1.807) is 6.07 Å². The summed E-state index contributed by atoms with van der Waals surface area (Å²) in [5.74, 6) is -0.768. The number of phenols is 1. The monoisotopic (exact) mass is 224 g/mol. The molecule has 90 valence electrons. The Hall–Kier alpha value is -1.05. The number of aromatic hydroxyl groups is 1. The summed E-state index contributed by atoms with van der Waals surface area (Å²) in [5.41, 5.74) is 0.978. The SMILES string of the molecule is CCCCCCCCc1ccc(O)c(F)c1. The van der Waals surface area contributed by atoms with Gasteiger partial charge in [0.15, 0.2) is 11.6 Å². The summed E-state index contributed by atoms with van der Waals surface area (Å²) in [4.78, 5) is 0. The van der Waals surface area contributed by atoms with Crippen LogP contribution in [0.4, 0.5) is 4.39 Å². The molecule has 0 saturated carbocycles. The topological polar surface area (TPSA) is 20.2 Å². The smallest absolute Gasteiger partial charge is 0.165 e. The Labute approximate surface area is 97.3 Å². The molecule has 0 saturated heterocycles. The summed E-state index contributed by atoms with van der Waals surface area (Å²) in [5, 5.41) is 9.04. The summed E-state index contributed by atoms with van der Waals surface area (Å²) in [6.45, 7) is 2.21. The van der Waals surface area contributed by atoms with E-state index in [1.165, 1.54) is 44.2 Å². The zero-order valence-electron chi connectivity index (χ0n) is 10.0. The van der Waals surface area contributed by atoms with E-state index in [1.807, 2.05) is 0 Å². The summed E-state index contributed by atoms with van der Waals surface area (Å²) in [6.07, 6.45) is 8.38. The number of rotatable bonds is 7. The van der Waals surface area contributed by atoms with Gasteiger partial charge in [-0.15, -0.1) is 0 Å². The first kappa shape index (κ1) is 13.0. The fraction of sp³-hybridized carbons (Fsp3) is 0.571. The molecule has 1 aromatic rings. The van der Waals surface area contributed by atoms with E-state index in [2.05, 4.69) is 6.92 Å². The standard InChI is InChI=1S/C14H21FO/c1-2-3-4-5-6-7-8-12-9-10-14(16)13(15)11-12/h9-11,16H,2-8H2,1H3. The van der Waals surface area contributed by atoms with Crippen LogP contribution in [0.1, 0.15) is 51.0 Å². The van der Waals surface area contributed by atoms with Crippen molar-refractivity contribution in [3.63, 3.8) is 0 Å². The van der Waals surface area contributed by atoms with Gasteiger partial charge in [0.2, 0.25) is 0 Å². The van der Waals surface area contributed by atoms with Crippen LogP contribution in [0, 0.1) is 5.82 Å². The maximum atomic E-state index is 13.0. The number of unbranched alkanes of at least 4 members (excludes halogenated alkanes) is 5. The molecule has 0 unspecified atom stereocenters. The highest BCUT2D eigenvalue weighted by atomic mass is 19.1. The minimum Gasteiger partial charge on any atom is -0.505 e. The predicted molar refractivity (Wildman–Crippen MR) is 65.1 cm³/mol. The fourth-order valence-electron chi connectivity index (χ4n) is 1.82. The van der Waals surface area contributed by atoms with E-state index in [-0.39, 0.29) is 5.75 Å². The van der Waals surface area contributed by atoms with Crippen LogP contribution in [-0.4, -0.2) is 5.11 Å². The van der Waals surface area contributed by atoms with Crippen molar-refractivity contribution in [1.29, 1.82) is 0 Å². The average Bonchev–Trinajstić information content (AvgIpc) is 2.28. The zero-order chi connectivity index (χ0) is 11.8. The number of hydrogen-bond donors (Lipinski definition) is 1. The molecule has 0 bridgehead atoms. The van der Waals surface area contributed by atoms with E-state index >= 15 is 0 Å². The Bertz CT molecular complexity index is 310. The Morgan fingerprint density at radius 3 is 2.44 bits per heavy atom. The van der Waals surface area contributed by atoms with Gasteiger partial charge < -0.3 is 5.11 Å². The first-order valence-electron chi connectivity index (χ1n) is 6.21. The van der Waals surface area contributed by atoms with E-state index in [0.29, 0.717) is 0 Å². The molecule has 0 aromatic heterocycles. The molecule has 0 radical (unpaired) electrons. The molecule has 0 spiro atoms. The molecule has 0 atom stereocenters. The Morgan fingerprint density at radius 2 is 1.75 bits per heavy atom. The normalized spacial score (nSPS) is 10.6. The van der Waals surface area contributed by atoms with E-state index in [9.17, 15) is 4.39 Å². The van der Waals surface area contributed by atoms with Crippen LogP contribution in [0.15, 0.2) is 18.2 Å². The molecule has 16 heavy (non-hydrogen) atoms. The fourth-order valence-corrected chi connectivity index (χ4v) is 1.82. The lowest BCUT2D eigenvalue weighted by Crippen LogP contribution is -1.88. The van der Waals surface area contributed by atoms with Crippen LogP contribution in [0.25, 0.3) is 0 Å². The number of aryl methyl sites for hydroxylation is 1. The number of hydrogen-bond acceptors (Lipinski definition) is 1. The summed E-state index contributed by atoms with van der Waals surface area (Å²) >= 11 is 0. The molecule has 1 nitrogen and oxygen atoms in total. The molecule has 0 aliphatic heterocycles. The van der Waals surface area contributed by atoms with Gasteiger partial charge in [0.25, 0.3) is 0 Å². The molecule has 0 heterocycles. The molecule has 0 aliphatic rings. The second kappa shape index (κ2) is 7.26. The minimum absolute atomic E-state index is 0.258. The third-order valence-corrected chi connectivity index (χ3v) is 2.83. The Kier molecular flexibility index (Phi) is 5.91. The largest absolute Gasteiger partial charge is 0.505 e. The van der Waals surface area contributed by atoms with Gasteiger partial charge in [-0.3, -0.25) is 0 Å². The van der Waals surface area contributed by atoms with E-state index < -0.39 is 5.82 Å². The third kappa shape index (κ3) is 4.65. The quantitative estimate of drug-likeness (QED) is 0.679. The van der Waals surface area contributed by atoms with Gasteiger partial charge >= 0.3 is 0 Å². The predicted octanol–water partition coefficient (Wildman–Crippen LogP) is 4.43. The maximum Gasteiger partial charge on any atom is 0.165 e.